The van der Waals surface area contributed by atoms with Crippen LogP contribution in [0.1, 0.15) is 59.8 Å². The van der Waals surface area contributed by atoms with Crippen molar-refractivity contribution in [1.82, 2.24) is 0 Å². The fraction of sp³-hybridized carbons (Fsp3) is 0.875. The average molecular weight is 284 g/mol. The van der Waals surface area contributed by atoms with Crippen molar-refractivity contribution in [2.75, 3.05) is 6.61 Å². The highest BCUT2D eigenvalue weighted by molar-refractivity contribution is 5.99. The molecule has 0 aromatic rings. The summed E-state index contributed by atoms with van der Waals surface area (Å²) in [6, 6.07) is 0. The zero-order chi connectivity index (χ0) is 15.3. The molecule has 0 radical (unpaired) electrons. The van der Waals surface area contributed by atoms with Crippen LogP contribution in [-0.4, -0.2) is 23.7 Å². The molecule has 0 aromatic heterocycles. The van der Waals surface area contributed by atoms with Crippen LogP contribution in [0.2, 0.25) is 0 Å². The highest BCUT2D eigenvalue weighted by Gasteiger charge is 2.54. The Kier molecular flexibility index (Phi) is 6.03. The molecular formula is C16H28O4. The fourth-order valence-corrected chi connectivity index (χ4v) is 3.14. The molecule has 1 N–H and O–H groups in total. The molecule has 116 valence electrons. The van der Waals surface area contributed by atoms with Gasteiger partial charge >= 0.3 is 11.9 Å². The lowest BCUT2D eigenvalue weighted by Crippen LogP contribution is -2.49. The summed E-state index contributed by atoms with van der Waals surface area (Å²) in [5, 5.41) is 9.71. The molecule has 4 heteroatoms. The molecule has 1 aliphatic carbocycles. The van der Waals surface area contributed by atoms with Gasteiger partial charge in [-0.2, -0.15) is 0 Å². The Labute approximate surface area is 121 Å². The van der Waals surface area contributed by atoms with Crippen molar-refractivity contribution in [2.45, 2.75) is 59.8 Å². The van der Waals surface area contributed by atoms with Crippen LogP contribution in [0.3, 0.4) is 0 Å². The van der Waals surface area contributed by atoms with Gasteiger partial charge in [-0.25, -0.2) is 0 Å². The van der Waals surface area contributed by atoms with Crippen molar-refractivity contribution in [3.63, 3.8) is 0 Å². The van der Waals surface area contributed by atoms with E-state index in [1.807, 2.05) is 13.8 Å². The Morgan fingerprint density at radius 2 is 1.85 bits per heavy atom. The number of carbonyl (C=O) groups excluding carboxylic acids is 1. The Morgan fingerprint density at radius 1 is 1.20 bits per heavy atom. The van der Waals surface area contributed by atoms with E-state index in [1.165, 1.54) is 0 Å². The first-order valence-electron chi connectivity index (χ1n) is 7.71. The standard InChI is InChI=1S/C16H28O4/c1-11(2)9-13-7-5-6-8-16(13,14(17)18)15(19)20-10-12(3)4/h11-13H,5-10H2,1-4H3,(H,17,18). The van der Waals surface area contributed by atoms with E-state index in [1.54, 1.807) is 0 Å². The summed E-state index contributed by atoms with van der Waals surface area (Å²) in [6.45, 7) is 8.34. The molecule has 1 saturated carbocycles. The first-order valence-corrected chi connectivity index (χ1v) is 7.71. The third kappa shape index (κ3) is 3.74. The molecule has 2 unspecified atom stereocenters. The minimum Gasteiger partial charge on any atom is -0.480 e. The van der Waals surface area contributed by atoms with E-state index in [-0.39, 0.29) is 11.8 Å². The lowest BCUT2D eigenvalue weighted by Gasteiger charge is -2.39. The zero-order valence-electron chi connectivity index (χ0n) is 13.1. The second-order valence-electron chi connectivity index (χ2n) is 6.84. The number of rotatable bonds is 6. The van der Waals surface area contributed by atoms with Crippen molar-refractivity contribution < 1.29 is 19.4 Å². The van der Waals surface area contributed by atoms with Gasteiger partial charge in [0.05, 0.1) is 6.61 Å². The monoisotopic (exact) mass is 284 g/mol. The lowest BCUT2D eigenvalue weighted by atomic mass is 9.63. The number of hydrogen-bond acceptors (Lipinski definition) is 3. The predicted molar refractivity (Wildman–Crippen MR) is 77.3 cm³/mol. The molecule has 4 nitrogen and oxygen atoms in total. The molecule has 0 saturated heterocycles. The van der Waals surface area contributed by atoms with Crippen molar-refractivity contribution in [3.05, 3.63) is 0 Å². The molecule has 1 rings (SSSR count). The molecule has 1 fully saturated rings. The fourth-order valence-electron chi connectivity index (χ4n) is 3.14. The van der Waals surface area contributed by atoms with Crippen LogP contribution >= 0.6 is 0 Å². The van der Waals surface area contributed by atoms with Gasteiger partial charge in [0.15, 0.2) is 5.41 Å². The predicted octanol–water partition coefficient (Wildman–Crippen LogP) is 3.49. The minimum absolute atomic E-state index is 0.103. The Balaban J connectivity index is 2.96. The second-order valence-corrected chi connectivity index (χ2v) is 6.84. The molecule has 20 heavy (non-hydrogen) atoms. The summed E-state index contributed by atoms with van der Waals surface area (Å²) in [5.74, 6) is -1.03. The largest absolute Gasteiger partial charge is 0.480 e. The van der Waals surface area contributed by atoms with Crippen LogP contribution in [0.15, 0.2) is 0 Å². The van der Waals surface area contributed by atoms with Crippen LogP contribution in [0.4, 0.5) is 0 Å². The normalized spacial score (nSPS) is 26.8. The van der Waals surface area contributed by atoms with Gasteiger partial charge in [-0.3, -0.25) is 9.59 Å². The Morgan fingerprint density at radius 3 is 2.35 bits per heavy atom. The maximum Gasteiger partial charge on any atom is 0.323 e. The van der Waals surface area contributed by atoms with Crippen LogP contribution in [-0.2, 0) is 14.3 Å². The lowest BCUT2D eigenvalue weighted by molar-refractivity contribution is -0.178. The van der Waals surface area contributed by atoms with Crippen molar-refractivity contribution in [2.24, 2.45) is 23.2 Å². The summed E-state index contributed by atoms with van der Waals surface area (Å²) < 4.78 is 5.30. The zero-order valence-corrected chi connectivity index (χ0v) is 13.1. The number of carbonyl (C=O) groups is 2. The SMILES string of the molecule is CC(C)COC(=O)C1(C(=O)O)CCCCC1CC(C)C. The number of hydrogen-bond donors (Lipinski definition) is 1. The Hall–Kier alpha value is -1.06. The van der Waals surface area contributed by atoms with Crippen LogP contribution in [0.5, 0.6) is 0 Å². The number of carboxylic acids is 1. The molecule has 0 amide bonds. The first-order chi connectivity index (χ1) is 9.30. The van der Waals surface area contributed by atoms with E-state index in [2.05, 4.69) is 13.8 Å². The first kappa shape index (κ1) is 17.0. The van der Waals surface area contributed by atoms with Gasteiger partial charge in [0.1, 0.15) is 0 Å². The maximum absolute atomic E-state index is 12.5. The van der Waals surface area contributed by atoms with Crippen LogP contribution in [0, 0.1) is 23.2 Å². The molecule has 0 aromatic carbocycles. The molecule has 0 bridgehead atoms. The Bertz CT molecular complexity index is 348. The van der Waals surface area contributed by atoms with Gasteiger partial charge < -0.3 is 9.84 Å². The highest BCUT2D eigenvalue weighted by Crippen LogP contribution is 2.45. The van der Waals surface area contributed by atoms with Crippen molar-refractivity contribution >= 4 is 11.9 Å². The minimum atomic E-state index is -1.32. The third-order valence-electron chi connectivity index (χ3n) is 4.12. The number of aliphatic carboxylic acids is 1. The van der Waals surface area contributed by atoms with E-state index in [4.69, 9.17) is 4.74 Å². The van der Waals surface area contributed by atoms with Crippen LogP contribution in [0.25, 0.3) is 0 Å². The van der Waals surface area contributed by atoms with Crippen LogP contribution < -0.4 is 0 Å². The molecule has 0 aliphatic heterocycles. The van der Waals surface area contributed by atoms with E-state index < -0.39 is 17.4 Å². The van der Waals surface area contributed by atoms with E-state index in [0.29, 0.717) is 18.9 Å². The summed E-state index contributed by atoms with van der Waals surface area (Å²) >= 11 is 0. The smallest absolute Gasteiger partial charge is 0.323 e. The summed E-state index contributed by atoms with van der Waals surface area (Å²) in [6.07, 6.45) is 3.78. The van der Waals surface area contributed by atoms with Gasteiger partial charge in [-0.1, -0.05) is 40.5 Å². The van der Waals surface area contributed by atoms with E-state index in [0.717, 1.165) is 25.7 Å². The summed E-state index contributed by atoms with van der Waals surface area (Å²) in [5.41, 5.74) is -1.32. The number of esters is 1. The quantitative estimate of drug-likeness (QED) is 0.599. The average Bonchev–Trinajstić information content (AvgIpc) is 2.35. The molecule has 1 aliphatic rings. The van der Waals surface area contributed by atoms with Gasteiger partial charge in [0.2, 0.25) is 0 Å². The molecule has 2 atom stereocenters. The number of ether oxygens (including phenoxy) is 1. The second kappa shape index (κ2) is 7.09. The van der Waals surface area contributed by atoms with Gasteiger partial charge in [-0.15, -0.1) is 0 Å². The van der Waals surface area contributed by atoms with Gasteiger partial charge in [0.25, 0.3) is 0 Å². The molecule has 0 heterocycles. The molecular weight excluding hydrogens is 256 g/mol. The topological polar surface area (TPSA) is 63.6 Å². The third-order valence-corrected chi connectivity index (χ3v) is 4.12. The number of carboxylic acid groups (broad SMARTS) is 1. The maximum atomic E-state index is 12.5. The molecule has 0 spiro atoms. The van der Waals surface area contributed by atoms with Gasteiger partial charge in [-0.05, 0) is 37.0 Å². The van der Waals surface area contributed by atoms with Crippen molar-refractivity contribution in [3.8, 4) is 0 Å². The highest BCUT2D eigenvalue weighted by atomic mass is 16.5. The van der Waals surface area contributed by atoms with Gasteiger partial charge in [0, 0.05) is 0 Å². The van der Waals surface area contributed by atoms with E-state index >= 15 is 0 Å². The van der Waals surface area contributed by atoms with Crippen molar-refractivity contribution in [1.29, 1.82) is 0 Å². The van der Waals surface area contributed by atoms with E-state index in [9.17, 15) is 14.7 Å². The summed E-state index contributed by atoms with van der Waals surface area (Å²) in [7, 11) is 0. The summed E-state index contributed by atoms with van der Waals surface area (Å²) in [4.78, 5) is 24.3.